The Morgan fingerprint density at radius 1 is 0.818 bits per heavy atom. The first-order chi connectivity index (χ1) is 15.9. The normalized spacial score (nSPS) is 26.5. The molecule has 0 radical (unpaired) electrons. The van der Waals surface area contributed by atoms with Crippen molar-refractivity contribution in [2.24, 2.45) is 23.7 Å². The molecule has 186 valence electrons. The lowest BCUT2D eigenvalue weighted by Gasteiger charge is -2.37. The summed E-state index contributed by atoms with van der Waals surface area (Å²) in [6.07, 6.45) is 19.7. The van der Waals surface area contributed by atoms with E-state index in [2.05, 4.69) is 19.1 Å². The summed E-state index contributed by atoms with van der Waals surface area (Å²) in [6.45, 7) is 1.04. The van der Waals surface area contributed by atoms with Crippen molar-refractivity contribution in [3.05, 3.63) is 35.9 Å². The third-order valence-corrected chi connectivity index (χ3v) is 7.93. The van der Waals surface area contributed by atoms with Gasteiger partial charge in [0.15, 0.2) is 6.61 Å². The van der Waals surface area contributed by atoms with E-state index in [9.17, 15) is 13.2 Å². The molecule has 0 spiro atoms. The number of halogens is 3. The van der Waals surface area contributed by atoms with Gasteiger partial charge >= 0.3 is 6.18 Å². The second-order valence-corrected chi connectivity index (χ2v) is 10.5. The zero-order valence-corrected chi connectivity index (χ0v) is 20.4. The summed E-state index contributed by atoms with van der Waals surface area (Å²) in [4.78, 5) is 0. The Labute approximate surface area is 199 Å². The molecule has 2 saturated carbocycles. The average molecular weight is 465 g/mol. The lowest BCUT2D eigenvalue weighted by Crippen LogP contribution is -2.25. The monoisotopic (exact) mass is 464 g/mol. The summed E-state index contributed by atoms with van der Waals surface area (Å²) in [7, 11) is 0. The predicted molar refractivity (Wildman–Crippen MR) is 131 cm³/mol. The van der Waals surface area contributed by atoms with E-state index in [0.717, 1.165) is 23.3 Å². The molecule has 1 aromatic carbocycles. The van der Waals surface area contributed by atoms with Gasteiger partial charge in [-0.05, 0) is 79.9 Å². The molecular formula is C29H43F3O. The minimum absolute atomic E-state index is 0.260. The molecule has 33 heavy (non-hydrogen) atoms. The van der Waals surface area contributed by atoms with Crippen molar-refractivity contribution in [2.75, 3.05) is 6.61 Å². The van der Waals surface area contributed by atoms with E-state index in [1.165, 1.54) is 89.9 Å². The van der Waals surface area contributed by atoms with Crippen LogP contribution in [0.3, 0.4) is 0 Å². The van der Waals surface area contributed by atoms with Gasteiger partial charge in [0.2, 0.25) is 0 Å². The van der Waals surface area contributed by atoms with Crippen LogP contribution >= 0.6 is 0 Å². The minimum Gasteiger partial charge on any atom is -0.484 e. The summed E-state index contributed by atoms with van der Waals surface area (Å²) < 4.78 is 41.5. The Morgan fingerprint density at radius 3 is 2.03 bits per heavy atom. The highest BCUT2D eigenvalue weighted by Crippen LogP contribution is 2.42. The van der Waals surface area contributed by atoms with Crippen LogP contribution in [0, 0.1) is 23.7 Å². The van der Waals surface area contributed by atoms with Crippen LogP contribution in [0.1, 0.15) is 102 Å². The second kappa shape index (κ2) is 13.4. The Bertz CT molecular complexity index is 678. The summed E-state index contributed by atoms with van der Waals surface area (Å²) in [6, 6.07) is 6.89. The third kappa shape index (κ3) is 9.74. The van der Waals surface area contributed by atoms with Crippen LogP contribution in [0.5, 0.6) is 5.75 Å². The number of unbranched alkanes of at least 4 members (excludes halogenated alkanes) is 4. The molecule has 0 N–H and O–H groups in total. The highest BCUT2D eigenvalue weighted by atomic mass is 19.4. The summed E-state index contributed by atoms with van der Waals surface area (Å²) in [5, 5.41) is 0. The maximum atomic E-state index is 12.3. The fourth-order valence-electron chi connectivity index (χ4n) is 5.88. The zero-order chi connectivity index (χ0) is 23.5. The van der Waals surface area contributed by atoms with Crippen molar-refractivity contribution < 1.29 is 17.9 Å². The predicted octanol–water partition coefficient (Wildman–Crippen LogP) is 9.61. The van der Waals surface area contributed by atoms with Gasteiger partial charge in [0, 0.05) is 0 Å². The number of allylic oxidation sites excluding steroid dienone is 1. The van der Waals surface area contributed by atoms with Crippen LogP contribution in [0.4, 0.5) is 13.2 Å². The van der Waals surface area contributed by atoms with E-state index < -0.39 is 12.8 Å². The fraction of sp³-hybridized carbons (Fsp3) is 0.724. The van der Waals surface area contributed by atoms with E-state index in [0.29, 0.717) is 5.92 Å². The van der Waals surface area contributed by atoms with Gasteiger partial charge < -0.3 is 4.74 Å². The summed E-state index contributed by atoms with van der Waals surface area (Å²) >= 11 is 0. The molecule has 1 nitrogen and oxygen atoms in total. The van der Waals surface area contributed by atoms with Crippen LogP contribution in [0.15, 0.2) is 30.3 Å². The van der Waals surface area contributed by atoms with Gasteiger partial charge in [0.1, 0.15) is 5.75 Å². The van der Waals surface area contributed by atoms with Crippen LogP contribution in [0.2, 0.25) is 0 Å². The first-order valence-electron chi connectivity index (χ1n) is 13.4. The molecule has 0 saturated heterocycles. The summed E-state index contributed by atoms with van der Waals surface area (Å²) in [5.74, 6) is 3.76. The Kier molecular flexibility index (Phi) is 10.7. The van der Waals surface area contributed by atoms with Gasteiger partial charge in [-0.1, -0.05) is 82.6 Å². The van der Waals surface area contributed by atoms with Crippen molar-refractivity contribution in [2.45, 2.75) is 103 Å². The number of benzene rings is 1. The molecule has 2 aliphatic carbocycles. The van der Waals surface area contributed by atoms with Crippen molar-refractivity contribution >= 4 is 6.08 Å². The van der Waals surface area contributed by atoms with Crippen molar-refractivity contribution in [1.82, 2.24) is 0 Å². The first-order valence-corrected chi connectivity index (χ1v) is 13.4. The van der Waals surface area contributed by atoms with Gasteiger partial charge in [-0.2, -0.15) is 13.2 Å². The fourth-order valence-corrected chi connectivity index (χ4v) is 5.88. The zero-order valence-electron chi connectivity index (χ0n) is 20.4. The Hall–Kier alpha value is -1.45. The number of rotatable bonds is 11. The molecule has 0 aliphatic heterocycles. The smallest absolute Gasteiger partial charge is 0.422 e. The second-order valence-electron chi connectivity index (χ2n) is 10.5. The molecule has 0 amide bonds. The third-order valence-electron chi connectivity index (χ3n) is 7.93. The molecule has 0 bridgehead atoms. The number of alkyl halides is 3. The maximum absolute atomic E-state index is 12.3. The van der Waals surface area contributed by atoms with E-state index in [1.54, 1.807) is 12.1 Å². The molecule has 1 aromatic rings. The SMILES string of the molecule is CCCCCCC[C@H]1CC[C@H]([C@H]2CC[C@H](C=Cc3ccc(OCC(F)(F)F)cc3)CC2)CC1. The van der Waals surface area contributed by atoms with E-state index in [4.69, 9.17) is 4.74 Å². The molecule has 4 heteroatoms. The van der Waals surface area contributed by atoms with Crippen molar-refractivity contribution in [3.63, 3.8) is 0 Å². The van der Waals surface area contributed by atoms with E-state index >= 15 is 0 Å². The molecule has 0 unspecified atom stereocenters. The molecular weight excluding hydrogens is 421 g/mol. The van der Waals surface area contributed by atoms with Crippen LogP contribution < -0.4 is 4.74 Å². The van der Waals surface area contributed by atoms with E-state index in [1.807, 2.05) is 12.1 Å². The highest BCUT2D eigenvalue weighted by molar-refractivity contribution is 5.50. The van der Waals surface area contributed by atoms with Crippen LogP contribution in [0.25, 0.3) is 6.08 Å². The molecule has 0 heterocycles. The quantitative estimate of drug-likeness (QED) is 0.296. The van der Waals surface area contributed by atoms with Gasteiger partial charge in [-0.15, -0.1) is 0 Å². The molecule has 0 atom stereocenters. The largest absolute Gasteiger partial charge is 0.484 e. The standard InChI is InChI=1S/C29H43F3O/c1-2-3-4-5-6-7-23-10-16-26(17-11-23)27-18-12-24(13-19-27)8-9-25-14-20-28(21-15-25)33-22-29(30,31)32/h8-9,14-15,20-21,23-24,26-27H,2-7,10-13,16-19,22H2,1H3/t23-,24-,26-,27-. The number of ether oxygens (including phenoxy) is 1. The Balaban J connectivity index is 1.32. The highest BCUT2D eigenvalue weighted by Gasteiger charge is 2.30. The van der Waals surface area contributed by atoms with Gasteiger partial charge in [-0.25, -0.2) is 0 Å². The van der Waals surface area contributed by atoms with Crippen molar-refractivity contribution in [3.8, 4) is 5.75 Å². The van der Waals surface area contributed by atoms with Crippen molar-refractivity contribution in [1.29, 1.82) is 0 Å². The first kappa shape index (κ1) is 26.2. The Morgan fingerprint density at radius 2 is 1.42 bits per heavy atom. The lowest BCUT2D eigenvalue weighted by atomic mass is 9.68. The molecule has 2 aliphatic rings. The van der Waals surface area contributed by atoms with Gasteiger partial charge in [-0.3, -0.25) is 0 Å². The van der Waals surface area contributed by atoms with Gasteiger partial charge in [0.05, 0.1) is 0 Å². The molecule has 3 rings (SSSR count). The van der Waals surface area contributed by atoms with Crippen LogP contribution in [-0.4, -0.2) is 12.8 Å². The lowest BCUT2D eigenvalue weighted by molar-refractivity contribution is -0.153. The van der Waals surface area contributed by atoms with E-state index in [-0.39, 0.29) is 5.75 Å². The number of hydrogen-bond acceptors (Lipinski definition) is 1. The maximum Gasteiger partial charge on any atom is 0.422 e. The van der Waals surface area contributed by atoms with Gasteiger partial charge in [0.25, 0.3) is 0 Å². The number of hydrogen-bond donors (Lipinski definition) is 0. The molecule has 0 aromatic heterocycles. The minimum atomic E-state index is -4.30. The van der Waals surface area contributed by atoms with Crippen LogP contribution in [-0.2, 0) is 0 Å². The molecule has 2 fully saturated rings. The topological polar surface area (TPSA) is 9.23 Å². The average Bonchev–Trinajstić information content (AvgIpc) is 2.82. The summed E-state index contributed by atoms with van der Waals surface area (Å²) in [5.41, 5.74) is 1.02.